The van der Waals surface area contributed by atoms with Gasteiger partial charge in [-0.15, -0.1) is 0 Å². The van der Waals surface area contributed by atoms with Crippen molar-refractivity contribution in [3.8, 4) is 0 Å². The lowest BCUT2D eigenvalue weighted by atomic mass is 9.85. The van der Waals surface area contributed by atoms with E-state index in [0.717, 1.165) is 11.2 Å². The van der Waals surface area contributed by atoms with E-state index < -0.39 is 0 Å². The molecule has 2 heteroatoms. The predicted molar refractivity (Wildman–Crippen MR) is 128 cm³/mol. The van der Waals surface area contributed by atoms with Gasteiger partial charge in [-0.3, -0.25) is 0 Å². The minimum atomic E-state index is 0.184. The number of furan rings is 2. The van der Waals surface area contributed by atoms with Crippen LogP contribution in [-0.4, -0.2) is 0 Å². The summed E-state index contributed by atoms with van der Waals surface area (Å²) in [5, 5.41) is 2.47. The Morgan fingerprint density at radius 3 is 1.90 bits per heavy atom. The van der Waals surface area contributed by atoms with E-state index in [1.165, 1.54) is 21.9 Å². The summed E-state index contributed by atoms with van der Waals surface area (Å²) in [6.45, 7) is 19.0. The smallest absolute Gasteiger partial charge is 0.134 e. The molecule has 0 spiro atoms. The van der Waals surface area contributed by atoms with Gasteiger partial charge in [0.2, 0.25) is 0 Å². The van der Waals surface area contributed by atoms with Crippen LogP contribution >= 0.6 is 0 Å². The van der Waals surface area contributed by atoms with Crippen LogP contribution in [0.5, 0.6) is 0 Å². The van der Waals surface area contributed by atoms with Gasteiger partial charge in [0.1, 0.15) is 11.2 Å². The maximum absolute atomic E-state index is 5.41. The van der Waals surface area contributed by atoms with Crippen LogP contribution in [0, 0.1) is 0 Å². The predicted octanol–water partition coefficient (Wildman–Crippen LogP) is 9.34. The average Bonchev–Trinajstić information content (AvgIpc) is 3.37. The van der Waals surface area contributed by atoms with Crippen LogP contribution in [0.1, 0.15) is 79.4 Å². The maximum atomic E-state index is 5.41. The Morgan fingerprint density at radius 2 is 1.28 bits per heavy atom. The minimum Gasteiger partial charge on any atom is -0.464 e. The van der Waals surface area contributed by atoms with Crippen molar-refractivity contribution in [2.24, 2.45) is 0 Å². The minimum absolute atomic E-state index is 0.184. The first kappa shape index (κ1) is 24.6. The molecule has 4 aromatic rings. The zero-order valence-electron chi connectivity index (χ0n) is 19.7. The summed E-state index contributed by atoms with van der Waals surface area (Å²) in [4.78, 5) is 0. The second-order valence-electron chi connectivity index (χ2n) is 7.73. The van der Waals surface area contributed by atoms with Crippen LogP contribution in [0.3, 0.4) is 0 Å². The van der Waals surface area contributed by atoms with Gasteiger partial charge in [0.05, 0.1) is 12.5 Å². The molecule has 158 valence electrons. The van der Waals surface area contributed by atoms with Gasteiger partial charge in [-0.05, 0) is 35.1 Å². The van der Waals surface area contributed by atoms with Crippen molar-refractivity contribution in [1.82, 2.24) is 0 Å². The van der Waals surface area contributed by atoms with Crippen molar-refractivity contribution >= 4 is 21.9 Å². The van der Waals surface area contributed by atoms with Crippen LogP contribution in [0.15, 0.2) is 69.9 Å². The molecule has 0 saturated carbocycles. The Kier molecular flexibility index (Phi) is 9.74. The summed E-state index contributed by atoms with van der Waals surface area (Å²) in [7, 11) is 0. The molecule has 29 heavy (non-hydrogen) atoms. The largest absolute Gasteiger partial charge is 0.464 e. The van der Waals surface area contributed by atoms with Crippen LogP contribution in [0.4, 0.5) is 0 Å². The Balaban J connectivity index is 0.000000248. The molecular formula is C27H38O2. The first-order valence-corrected chi connectivity index (χ1v) is 10.8. The number of rotatable bonds is 1. The summed E-state index contributed by atoms with van der Waals surface area (Å²) >= 11 is 0. The molecule has 0 amide bonds. The third-order valence-corrected chi connectivity index (χ3v) is 4.44. The van der Waals surface area contributed by atoms with Gasteiger partial charge >= 0.3 is 0 Å². The summed E-state index contributed by atoms with van der Waals surface area (Å²) in [5.41, 5.74) is 4.79. The van der Waals surface area contributed by atoms with Crippen LogP contribution in [-0.2, 0) is 5.41 Å². The van der Waals surface area contributed by atoms with Gasteiger partial charge in [-0.1, -0.05) is 92.6 Å². The van der Waals surface area contributed by atoms with E-state index in [9.17, 15) is 0 Å². The fraction of sp³-hybridized carbons (Fsp3) is 0.407. The molecule has 0 aliphatic carbocycles. The summed E-state index contributed by atoms with van der Waals surface area (Å²) < 4.78 is 10.8. The highest BCUT2D eigenvalue weighted by atomic mass is 16.3. The van der Waals surface area contributed by atoms with E-state index >= 15 is 0 Å². The second-order valence-corrected chi connectivity index (χ2v) is 7.73. The lowest BCUT2D eigenvalue weighted by Crippen LogP contribution is -2.10. The lowest BCUT2D eigenvalue weighted by Gasteiger charge is -2.19. The van der Waals surface area contributed by atoms with E-state index in [-0.39, 0.29) is 5.41 Å². The molecule has 4 rings (SSSR count). The van der Waals surface area contributed by atoms with Crippen LogP contribution in [0.2, 0.25) is 0 Å². The molecule has 0 atom stereocenters. The number of para-hydroxylation sites is 1. The van der Waals surface area contributed by atoms with Gasteiger partial charge in [0.15, 0.2) is 0 Å². The SMILES string of the molecule is CC.CC.CC(C)(C)c1cccc2occc12.CC(C)c1coc2ccccc12. The summed E-state index contributed by atoms with van der Waals surface area (Å²) in [6.07, 6.45) is 3.61. The molecule has 0 N–H and O–H groups in total. The molecule has 0 saturated heterocycles. The summed E-state index contributed by atoms with van der Waals surface area (Å²) in [6, 6.07) is 16.4. The Hall–Kier alpha value is -2.48. The van der Waals surface area contributed by atoms with Crippen molar-refractivity contribution < 1.29 is 8.83 Å². The molecule has 0 aliphatic heterocycles. The zero-order valence-corrected chi connectivity index (χ0v) is 19.7. The van der Waals surface area contributed by atoms with Crippen molar-refractivity contribution in [3.05, 3.63) is 72.2 Å². The quantitative estimate of drug-likeness (QED) is 0.321. The van der Waals surface area contributed by atoms with Gasteiger partial charge in [0.25, 0.3) is 0 Å². The van der Waals surface area contributed by atoms with Crippen molar-refractivity contribution in [1.29, 1.82) is 0 Å². The second kappa shape index (κ2) is 11.5. The molecule has 2 aromatic heterocycles. The molecule has 0 aliphatic rings. The van der Waals surface area contributed by atoms with Crippen molar-refractivity contribution in [3.63, 3.8) is 0 Å². The monoisotopic (exact) mass is 394 g/mol. The Labute approximate surface area is 176 Å². The third-order valence-electron chi connectivity index (χ3n) is 4.44. The van der Waals surface area contributed by atoms with E-state index in [2.05, 4.69) is 46.8 Å². The molecule has 0 bridgehead atoms. The molecule has 2 aromatic carbocycles. The molecule has 2 heterocycles. The Bertz CT molecular complexity index is 965. The maximum Gasteiger partial charge on any atom is 0.134 e. The van der Waals surface area contributed by atoms with E-state index in [1.807, 2.05) is 70.4 Å². The molecular weight excluding hydrogens is 356 g/mol. The average molecular weight is 395 g/mol. The van der Waals surface area contributed by atoms with Crippen LogP contribution in [0.25, 0.3) is 21.9 Å². The van der Waals surface area contributed by atoms with Gasteiger partial charge in [-0.2, -0.15) is 0 Å². The molecule has 0 fully saturated rings. The Morgan fingerprint density at radius 1 is 0.690 bits per heavy atom. The van der Waals surface area contributed by atoms with Gasteiger partial charge in [-0.25, -0.2) is 0 Å². The normalized spacial score (nSPS) is 10.6. The van der Waals surface area contributed by atoms with Gasteiger partial charge in [0, 0.05) is 16.3 Å². The third kappa shape index (κ3) is 6.25. The fourth-order valence-electron chi connectivity index (χ4n) is 3.09. The van der Waals surface area contributed by atoms with E-state index in [4.69, 9.17) is 8.83 Å². The van der Waals surface area contributed by atoms with Crippen molar-refractivity contribution in [2.75, 3.05) is 0 Å². The topological polar surface area (TPSA) is 26.3 Å². The first-order chi connectivity index (χ1) is 13.9. The zero-order chi connectivity index (χ0) is 22.0. The highest BCUT2D eigenvalue weighted by Crippen LogP contribution is 2.30. The molecule has 0 radical (unpaired) electrons. The first-order valence-electron chi connectivity index (χ1n) is 10.8. The molecule has 0 unspecified atom stereocenters. The highest BCUT2D eigenvalue weighted by molar-refractivity contribution is 5.82. The summed E-state index contributed by atoms with van der Waals surface area (Å²) in [5.74, 6) is 0.536. The highest BCUT2D eigenvalue weighted by Gasteiger charge is 2.17. The number of fused-ring (bicyclic) bond motifs is 2. The fourth-order valence-corrected chi connectivity index (χ4v) is 3.09. The number of benzene rings is 2. The van der Waals surface area contributed by atoms with E-state index in [1.54, 1.807) is 6.26 Å². The number of hydrogen-bond donors (Lipinski definition) is 0. The van der Waals surface area contributed by atoms with E-state index in [0.29, 0.717) is 5.92 Å². The van der Waals surface area contributed by atoms with Crippen LogP contribution < -0.4 is 0 Å². The van der Waals surface area contributed by atoms with Gasteiger partial charge < -0.3 is 8.83 Å². The number of hydrogen-bond acceptors (Lipinski definition) is 2. The molecule has 2 nitrogen and oxygen atoms in total. The van der Waals surface area contributed by atoms with Crippen molar-refractivity contribution in [2.45, 2.75) is 73.6 Å². The lowest BCUT2D eigenvalue weighted by molar-refractivity contribution is 0.592. The standard InChI is InChI=1S/C12H14O.C11H12O.2C2H6/c1-12(2,3)10-5-4-6-11-9(10)7-8-13-11;1-8(2)10-7-12-11-6-4-3-5-9(10)11;2*1-2/h4-8H,1-3H3;3-8H,1-2H3;2*1-2H3.